The molecule has 0 spiro atoms. The van der Waals surface area contributed by atoms with Crippen molar-refractivity contribution in [3.8, 4) is 17.3 Å². The van der Waals surface area contributed by atoms with Crippen LogP contribution >= 0.6 is 11.8 Å². The average Bonchev–Trinajstić information content (AvgIpc) is 2.65. The minimum atomic E-state index is -4.81. The standard InChI is InChI=1S/C19H15F3N2O3S/c1-3-27-18(26)16(11(2)25)28-17-13(10-23)14(19(20,21)22)9-15(24-17)12-7-5-4-6-8-12/h4-9,25H,3H2,1-2H3/b16-11-. The third-order valence-electron chi connectivity index (χ3n) is 3.46. The van der Waals surface area contributed by atoms with Gasteiger partial charge in [0.05, 0.1) is 23.4 Å². The Morgan fingerprint density at radius 3 is 2.46 bits per heavy atom. The molecule has 28 heavy (non-hydrogen) atoms. The number of rotatable bonds is 5. The first-order valence-corrected chi connectivity index (χ1v) is 8.83. The molecule has 0 unspecified atom stereocenters. The van der Waals surface area contributed by atoms with Crippen LogP contribution in [0.15, 0.2) is 52.1 Å². The number of nitrogens with zero attached hydrogens (tertiary/aromatic N) is 2. The summed E-state index contributed by atoms with van der Waals surface area (Å²) in [5.41, 5.74) is -1.53. The van der Waals surface area contributed by atoms with Crippen molar-refractivity contribution in [2.24, 2.45) is 0 Å². The van der Waals surface area contributed by atoms with Crippen LogP contribution in [0.1, 0.15) is 25.0 Å². The Bertz CT molecular complexity index is 947. The van der Waals surface area contributed by atoms with Crippen LogP contribution in [0.25, 0.3) is 11.3 Å². The molecule has 1 aromatic carbocycles. The lowest BCUT2D eigenvalue weighted by Gasteiger charge is -2.15. The average molecular weight is 408 g/mol. The number of carbonyl (C=O) groups is 1. The van der Waals surface area contributed by atoms with Gasteiger partial charge in [-0.25, -0.2) is 9.78 Å². The second-order valence-electron chi connectivity index (χ2n) is 5.45. The quantitative estimate of drug-likeness (QED) is 0.321. The van der Waals surface area contributed by atoms with Gasteiger partial charge >= 0.3 is 12.1 Å². The predicted molar refractivity (Wildman–Crippen MR) is 97.2 cm³/mol. The minimum Gasteiger partial charge on any atom is -0.511 e. The van der Waals surface area contributed by atoms with Gasteiger partial charge in [-0.2, -0.15) is 18.4 Å². The zero-order chi connectivity index (χ0) is 20.9. The molecule has 0 amide bonds. The normalized spacial score (nSPS) is 12.1. The van der Waals surface area contributed by atoms with Crippen molar-refractivity contribution in [2.75, 3.05) is 6.61 Å². The zero-order valence-corrected chi connectivity index (χ0v) is 15.7. The monoisotopic (exact) mass is 408 g/mol. The lowest BCUT2D eigenvalue weighted by molar-refractivity contribution is -0.138. The number of aliphatic hydroxyl groups is 1. The number of allylic oxidation sites excluding steroid dienone is 1. The first-order chi connectivity index (χ1) is 13.2. The summed E-state index contributed by atoms with van der Waals surface area (Å²) >= 11 is 0.457. The fourth-order valence-corrected chi connectivity index (χ4v) is 3.13. The molecule has 146 valence electrons. The minimum absolute atomic E-state index is 0.00651. The van der Waals surface area contributed by atoms with E-state index in [0.29, 0.717) is 17.3 Å². The maximum atomic E-state index is 13.5. The highest BCUT2D eigenvalue weighted by molar-refractivity contribution is 8.04. The number of hydrogen-bond acceptors (Lipinski definition) is 6. The van der Waals surface area contributed by atoms with Crippen molar-refractivity contribution in [2.45, 2.75) is 25.0 Å². The number of esters is 1. The number of halogens is 3. The van der Waals surface area contributed by atoms with Crippen molar-refractivity contribution in [3.63, 3.8) is 0 Å². The van der Waals surface area contributed by atoms with E-state index in [-0.39, 0.29) is 22.2 Å². The SMILES string of the molecule is CCOC(=O)/C(Sc1nc(-c2ccccc2)cc(C(F)(F)F)c1C#N)=C(\C)O. The molecule has 1 aromatic heterocycles. The summed E-state index contributed by atoms with van der Waals surface area (Å²) in [5, 5.41) is 18.7. The number of alkyl halides is 3. The largest absolute Gasteiger partial charge is 0.511 e. The molecule has 5 nitrogen and oxygen atoms in total. The third-order valence-corrected chi connectivity index (χ3v) is 4.62. The Balaban J connectivity index is 2.70. The van der Waals surface area contributed by atoms with Gasteiger partial charge in [-0.15, -0.1) is 0 Å². The van der Waals surface area contributed by atoms with E-state index in [2.05, 4.69) is 4.98 Å². The van der Waals surface area contributed by atoms with Gasteiger partial charge in [-0.1, -0.05) is 42.1 Å². The van der Waals surface area contributed by atoms with Crippen LogP contribution in [-0.2, 0) is 15.7 Å². The second-order valence-corrected chi connectivity index (χ2v) is 6.45. The maximum Gasteiger partial charge on any atom is 0.417 e. The number of carbonyl (C=O) groups excluding carboxylic acids is 1. The zero-order valence-electron chi connectivity index (χ0n) is 14.9. The first kappa shape index (κ1) is 21.3. The van der Waals surface area contributed by atoms with Crippen LogP contribution in [0, 0.1) is 11.3 Å². The summed E-state index contributed by atoms with van der Waals surface area (Å²) in [6, 6.07) is 10.4. The van der Waals surface area contributed by atoms with Gasteiger partial charge in [0.2, 0.25) is 0 Å². The number of nitriles is 1. The fraction of sp³-hybridized carbons (Fsp3) is 0.211. The molecular weight excluding hydrogens is 393 g/mol. The van der Waals surface area contributed by atoms with Gasteiger partial charge in [0.25, 0.3) is 0 Å². The predicted octanol–water partition coefficient (Wildman–Crippen LogP) is 5.08. The van der Waals surface area contributed by atoms with Crippen LogP contribution in [0.4, 0.5) is 13.2 Å². The highest BCUT2D eigenvalue weighted by Gasteiger charge is 2.36. The maximum absolute atomic E-state index is 13.5. The highest BCUT2D eigenvalue weighted by Crippen LogP contribution is 2.40. The van der Waals surface area contributed by atoms with E-state index in [1.165, 1.54) is 13.0 Å². The van der Waals surface area contributed by atoms with E-state index in [9.17, 15) is 28.3 Å². The van der Waals surface area contributed by atoms with E-state index in [0.717, 1.165) is 6.07 Å². The molecule has 0 saturated heterocycles. The number of aromatic nitrogens is 1. The molecule has 0 atom stereocenters. The Kier molecular flexibility index (Phi) is 6.70. The number of thioether (sulfide) groups is 1. The molecule has 2 rings (SSSR count). The highest BCUT2D eigenvalue weighted by atomic mass is 32.2. The van der Waals surface area contributed by atoms with E-state index in [1.54, 1.807) is 37.3 Å². The number of aliphatic hydroxyl groups excluding tert-OH is 1. The molecule has 9 heteroatoms. The molecular formula is C19H15F3N2O3S. The van der Waals surface area contributed by atoms with E-state index < -0.39 is 29.0 Å². The molecule has 0 bridgehead atoms. The summed E-state index contributed by atoms with van der Waals surface area (Å²) in [4.78, 5) is 15.8. The van der Waals surface area contributed by atoms with Crippen LogP contribution in [0.5, 0.6) is 0 Å². The Morgan fingerprint density at radius 2 is 1.96 bits per heavy atom. The number of pyridine rings is 1. The van der Waals surface area contributed by atoms with Crippen molar-refractivity contribution in [1.29, 1.82) is 5.26 Å². The van der Waals surface area contributed by atoms with Gasteiger partial charge in [-0.05, 0) is 19.9 Å². The van der Waals surface area contributed by atoms with Gasteiger partial charge < -0.3 is 9.84 Å². The summed E-state index contributed by atoms with van der Waals surface area (Å²) in [6.45, 7) is 2.74. The summed E-state index contributed by atoms with van der Waals surface area (Å²) in [5.74, 6) is -1.37. The van der Waals surface area contributed by atoms with Crippen LogP contribution < -0.4 is 0 Å². The summed E-state index contributed by atoms with van der Waals surface area (Å²) in [7, 11) is 0. The second kappa shape index (κ2) is 8.80. The van der Waals surface area contributed by atoms with Gasteiger partial charge in [0.1, 0.15) is 21.8 Å². The Hall–Kier alpha value is -2.99. The lowest BCUT2D eigenvalue weighted by Crippen LogP contribution is -2.12. The van der Waals surface area contributed by atoms with E-state index >= 15 is 0 Å². The van der Waals surface area contributed by atoms with Gasteiger partial charge in [0.15, 0.2) is 0 Å². The van der Waals surface area contributed by atoms with Crippen molar-refractivity contribution in [3.05, 3.63) is 58.2 Å². The molecule has 1 heterocycles. The lowest BCUT2D eigenvalue weighted by atomic mass is 10.1. The van der Waals surface area contributed by atoms with Crippen LogP contribution in [0.2, 0.25) is 0 Å². The summed E-state index contributed by atoms with van der Waals surface area (Å²) in [6.07, 6.45) is -4.81. The van der Waals surface area contributed by atoms with Gasteiger partial charge in [0, 0.05) is 5.56 Å². The summed E-state index contributed by atoms with van der Waals surface area (Å²) < 4.78 is 45.4. The molecule has 1 N–H and O–H groups in total. The van der Waals surface area contributed by atoms with Crippen molar-refractivity contribution in [1.82, 2.24) is 4.98 Å². The molecule has 2 aromatic rings. The molecule has 0 aliphatic heterocycles. The van der Waals surface area contributed by atoms with Crippen LogP contribution in [0.3, 0.4) is 0 Å². The Morgan fingerprint density at radius 1 is 1.32 bits per heavy atom. The first-order valence-electron chi connectivity index (χ1n) is 8.01. The fourth-order valence-electron chi connectivity index (χ4n) is 2.24. The molecule has 0 saturated carbocycles. The van der Waals surface area contributed by atoms with E-state index in [4.69, 9.17) is 4.74 Å². The van der Waals surface area contributed by atoms with Crippen molar-refractivity contribution >= 4 is 17.7 Å². The number of ether oxygens (including phenoxy) is 1. The van der Waals surface area contributed by atoms with Crippen molar-refractivity contribution < 1.29 is 27.8 Å². The van der Waals surface area contributed by atoms with Crippen LogP contribution in [-0.4, -0.2) is 22.7 Å². The topological polar surface area (TPSA) is 83.2 Å². The molecule has 0 radical (unpaired) electrons. The van der Waals surface area contributed by atoms with Gasteiger partial charge in [-0.3, -0.25) is 0 Å². The van der Waals surface area contributed by atoms with E-state index in [1.807, 2.05) is 0 Å². The Labute approximate surface area is 163 Å². The number of hydrogen-bond donors (Lipinski definition) is 1. The molecule has 0 aliphatic carbocycles. The molecule has 0 aliphatic rings. The number of benzene rings is 1. The third kappa shape index (κ3) is 4.84. The molecule has 0 fully saturated rings. The smallest absolute Gasteiger partial charge is 0.417 e.